The lowest BCUT2D eigenvalue weighted by Crippen LogP contribution is -2.46. The molecule has 1 heterocycles. The highest BCUT2D eigenvalue weighted by molar-refractivity contribution is 5.53. The average molecular weight is 311 g/mol. The predicted octanol–water partition coefficient (Wildman–Crippen LogP) is 3.23. The summed E-state index contributed by atoms with van der Waals surface area (Å²) in [6, 6.07) is 15.4. The van der Waals surface area contributed by atoms with Crippen LogP contribution in [0.3, 0.4) is 0 Å². The van der Waals surface area contributed by atoms with E-state index in [1.54, 1.807) is 12.1 Å². The smallest absolute Gasteiger partial charge is 0.273 e. The number of nitro groups is 1. The van der Waals surface area contributed by atoms with Gasteiger partial charge in [-0.3, -0.25) is 15.0 Å². The zero-order valence-corrected chi connectivity index (χ0v) is 13.3. The van der Waals surface area contributed by atoms with Crippen LogP contribution in [0.15, 0.2) is 48.5 Å². The fraction of sp³-hybridized carbons (Fsp3) is 0.333. The highest BCUT2D eigenvalue weighted by Gasteiger charge is 2.21. The summed E-state index contributed by atoms with van der Waals surface area (Å²) in [7, 11) is 0. The largest absolute Gasteiger partial charge is 0.369 e. The van der Waals surface area contributed by atoms with E-state index in [9.17, 15) is 10.1 Å². The van der Waals surface area contributed by atoms with Crippen LogP contribution in [0.2, 0.25) is 0 Å². The summed E-state index contributed by atoms with van der Waals surface area (Å²) in [5.41, 5.74) is 3.59. The number of hydrogen-bond acceptors (Lipinski definition) is 4. The first-order chi connectivity index (χ1) is 11.1. The van der Waals surface area contributed by atoms with Crippen molar-refractivity contribution in [1.82, 2.24) is 4.90 Å². The number of aryl methyl sites for hydroxylation is 1. The van der Waals surface area contributed by atoms with E-state index in [2.05, 4.69) is 41.0 Å². The first-order valence-electron chi connectivity index (χ1n) is 7.90. The van der Waals surface area contributed by atoms with Crippen molar-refractivity contribution in [2.24, 2.45) is 0 Å². The van der Waals surface area contributed by atoms with Crippen molar-refractivity contribution in [1.29, 1.82) is 0 Å². The quantitative estimate of drug-likeness (QED) is 0.642. The third-order valence-electron chi connectivity index (χ3n) is 4.41. The maximum absolute atomic E-state index is 11.1. The van der Waals surface area contributed by atoms with Crippen LogP contribution in [-0.4, -0.2) is 36.0 Å². The molecular formula is C18H21N3O2. The van der Waals surface area contributed by atoms with Crippen molar-refractivity contribution < 1.29 is 4.92 Å². The molecule has 0 amide bonds. The van der Waals surface area contributed by atoms with Crippen LogP contribution in [0, 0.1) is 17.0 Å². The number of benzene rings is 2. The Bertz CT molecular complexity index is 694. The van der Waals surface area contributed by atoms with Gasteiger partial charge in [-0.05, 0) is 18.6 Å². The van der Waals surface area contributed by atoms with Crippen molar-refractivity contribution >= 4 is 11.4 Å². The van der Waals surface area contributed by atoms with Gasteiger partial charge in [0.05, 0.1) is 4.92 Å². The molecule has 0 aromatic heterocycles. The zero-order valence-electron chi connectivity index (χ0n) is 13.3. The van der Waals surface area contributed by atoms with Gasteiger partial charge in [0.25, 0.3) is 5.69 Å². The van der Waals surface area contributed by atoms with Gasteiger partial charge in [0, 0.05) is 50.0 Å². The lowest BCUT2D eigenvalue weighted by Gasteiger charge is -2.36. The molecule has 1 saturated heterocycles. The van der Waals surface area contributed by atoms with E-state index in [1.807, 2.05) is 12.1 Å². The number of anilines is 1. The Balaban J connectivity index is 1.64. The molecular weight excluding hydrogens is 290 g/mol. The van der Waals surface area contributed by atoms with Gasteiger partial charge in [0.1, 0.15) is 0 Å². The number of para-hydroxylation sites is 2. The fourth-order valence-electron chi connectivity index (χ4n) is 3.13. The second-order valence-electron chi connectivity index (χ2n) is 5.94. The second-order valence-corrected chi connectivity index (χ2v) is 5.94. The molecule has 0 N–H and O–H groups in total. The molecule has 0 bridgehead atoms. The molecule has 0 unspecified atom stereocenters. The molecule has 0 saturated carbocycles. The van der Waals surface area contributed by atoms with Gasteiger partial charge in [-0.1, -0.05) is 36.4 Å². The lowest BCUT2D eigenvalue weighted by atomic mass is 10.1. The monoisotopic (exact) mass is 311 g/mol. The number of hydrogen-bond donors (Lipinski definition) is 0. The summed E-state index contributed by atoms with van der Waals surface area (Å²) in [6.45, 7) is 6.51. The molecule has 0 spiro atoms. The van der Waals surface area contributed by atoms with Crippen LogP contribution in [-0.2, 0) is 6.54 Å². The Morgan fingerprint density at radius 2 is 1.65 bits per heavy atom. The summed E-state index contributed by atoms with van der Waals surface area (Å²) >= 11 is 0. The van der Waals surface area contributed by atoms with Crippen molar-refractivity contribution in [2.75, 3.05) is 31.1 Å². The summed E-state index contributed by atoms with van der Waals surface area (Å²) in [6.07, 6.45) is 0. The van der Waals surface area contributed by atoms with E-state index in [1.165, 1.54) is 11.3 Å². The van der Waals surface area contributed by atoms with Crippen LogP contribution in [0.4, 0.5) is 11.4 Å². The first kappa shape index (κ1) is 15.5. The van der Waals surface area contributed by atoms with Gasteiger partial charge < -0.3 is 4.90 Å². The summed E-state index contributed by atoms with van der Waals surface area (Å²) < 4.78 is 0. The molecule has 0 aliphatic carbocycles. The second kappa shape index (κ2) is 6.79. The van der Waals surface area contributed by atoms with E-state index >= 15 is 0 Å². The number of nitrogens with zero attached hydrogens (tertiary/aromatic N) is 3. The minimum Gasteiger partial charge on any atom is -0.369 e. The third kappa shape index (κ3) is 3.51. The molecule has 2 aromatic rings. The molecule has 1 aliphatic rings. The van der Waals surface area contributed by atoms with E-state index in [0.29, 0.717) is 6.54 Å². The maximum Gasteiger partial charge on any atom is 0.273 e. The minimum atomic E-state index is -0.293. The minimum absolute atomic E-state index is 0.217. The third-order valence-corrected chi connectivity index (χ3v) is 4.41. The van der Waals surface area contributed by atoms with E-state index in [0.717, 1.165) is 31.7 Å². The van der Waals surface area contributed by atoms with Gasteiger partial charge in [0.15, 0.2) is 0 Å². The van der Waals surface area contributed by atoms with Crippen molar-refractivity contribution in [3.63, 3.8) is 0 Å². The number of rotatable bonds is 4. The molecule has 1 fully saturated rings. The van der Waals surface area contributed by atoms with E-state index in [-0.39, 0.29) is 10.6 Å². The Morgan fingerprint density at radius 1 is 1.00 bits per heavy atom. The molecule has 0 radical (unpaired) electrons. The number of piperazine rings is 1. The molecule has 5 nitrogen and oxygen atoms in total. The van der Waals surface area contributed by atoms with Crippen LogP contribution in [0.1, 0.15) is 11.1 Å². The van der Waals surface area contributed by atoms with Gasteiger partial charge in [-0.15, -0.1) is 0 Å². The molecule has 3 rings (SSSR count). The standard InChI is InChI=1S/C18H21N3O2/c1-15-6-2-4-8-17(15)20-12-10-19(11-13-20)14-16-7-3-5-9-18(16)21(22)23/h2-9H,10-14H2,1H3. The number of nitro benzene ring substituents is 1. The topological polar surface area (TPSA) is 49.6 Å². The van der Waals surface area contributed by atoms with Gasteiger partial charge >= 0.3 is 0 Å². The lowest BCUT2D eigenvalue weighted by molar-refractivity contribution is -0.385. The van der Waals surface area contributed by atoms with Crippen LogP contribution in [0.25, 0.3) is 0 Å². The van der Waals surface area contributed by atoms with Crippen molar-refractivity contribution in [3.8, 4) is 0 Å². The summed E-state index contributed by atoms with van der Waals surface area (Å²) in [5, 5.41) is 11.1. The van der Waals surface area contributed by atoms with Crippen molar-refractivity contribution in [3.05, 3.63) is 69.8 Å². The van der Waals surface area contributed by atoms with E-state index < -0.39 is 0 Å². The van der Waals surface area contributed by atoms with Crippen LogP contribution in [0.5, 0.6) is 0 Å². The first-order valence-corrected chi connectivity index (χ1v) is 7.90. The molecule has 0 atom stereocenters. The molecule has 2 aromatic carbocycles. The molecule has 1 aliphatic heterocycles. The van der Waals surface area contributed by atoms with Gasteiger partial charge in [-0.2, -0.15) is 0 Å². The molecule has 23 heavy (non-hydrogen) atoms. The zero-order chi connectivity index (χ0) is 16.2. The average Bonchev–Trinajstić information content (AvgIpc) is 2.56. The normalized spacial score (nSPS) is 15.6. The Labute approximate surface area is 136 Å². The summed E-state index contributed by atoms with van der Waals surface area (Å²) in [5.74, 6) is 0. The predicted molar refractivity (Wildman–Crippen MR) is 91.8 cm³/mol. The summed E-state index contributed by atoms with van der Waals surface area (Å²) in [4.78, 5) is 15.5. The maximum atomic E-state index is 11.1. The van der Waals surface area contributed by atoms with Gasteiger partial charge in [-0.25, -0.2) is 0 Å². The van der Waals surface area contributed by atoms with Gasteiger partial charge in [0.2, 0.25) is 0 Å². The Morgan fingerprint density at radius 3 is 2.35 bits per heavy atom. The SMILES string of the molecule is Cc1ccccc1N1CCN(Cc2ccccc2[N+](=O)[O-])CC1. The highest BCUT2D eigenvalue weighted by atomic mass is 16.6. The van der Waals surface area contributed by atoms with Crippen molar-refractivity contribution in [2.45, 2.75) is 13.5 Å². The Hall–Kier alpha value is -2.40. The highest BCUT2D eigenvalue weighted by Crippen LogP contribution is 2.23. The molecule has 5 heteroatoms. The van der Waals surface area contributed by atoms with Crippen LogP contribution >= 0.6 is 0 Å². The van der Waals surface area contributed by atoms with Crippen LogP contribution < -0.4 is 4.90 Å². The fourth-order valence-corrected chi connectivity index (χ4v) is 3.13. The van der Waals surface area contributed by atoms with E-state index in [4.69, 9.17) is 0 Å². The Kier molecular flexibility index (Phi) is 4.57. The molecule has 120 valence electrons.